The second-order valence-electron chi connectivity index (χ2n) is 9.54. The molecule has 4 aliphatic rings. The molecule has 2 saturated carbocycles. The number of anilines is 1. The van der Waals surface area contributed by atoms with E-state index in [1.54, 1.807) is 30.1 Å². The average molecular weight is 442 g/mol. The van der Waals surface area contributed by atoms with Gasteiger partial charge in [-0.1, -0.05) is 0 Å². The summed E-state index contributed by atoms with van der Waals surface area (Å²) in [5.41, 5.74) is 1.06. The lowest BCUT2D eigenvalue weighted by atomic mass is 9.92. The Morgan fingerprint density at radius 1 is 1.12 bits per heavy atom. The van der Waals surface area contributed by atoms with Gasteiger partial charge in [0.05, 0.1) is 24.1 Å². The Labute approximate surface area is 188 Å². The number of hydrogen-bond acceptors (Lipinski definition) is 5. The van der Waals surface area contributed by atoms with Crippen molar-refractivity contribution < 1.29 is 23.9 Å². The van der Waals surface area contributed by atoms with Crippen molar-refractivity contribution in [2.45, 2.75) is 75.7 Å². The molecule has 3 atom stereocenters. The molecule has 5 rings (SSSR count). The summed E-state index contributed by atoms with van der Waals surface area (Å²) >= 11 is 0. The Hall–Kier alpha value is -2.61. The Morgan fingerprint density at radius 3 is 2.66 bits per heavy atom. The topological polar surface area (TPSA) is 97.0 Å². The third-order valence-corrected chi connectivity index (χ3v) is 7.11. The van der Waals surface area contributed by atoms with E-state index in [9.17, 15) is 14.4 Å². The highest BCUT2D eigenvalue weighted by Crippen LogP contribution is 2.34. The normalized spacial score (nSPS) is 27.7. The van der Waals surface area contributed by atoms with Gasteiger partial charge in [0, 0.05) is 24.7 Å². The van der Waals surface area contributed by atoms with Gasteiger partial charge in [-0.3, -0.25) is 14.4 Å². The summed E-state index contributed by atoms with van der Waals surface area (Å²) in [7, 11) is 1.79. The Kier molecular flexibility index (Phi) is 5.80. The van der Waals surface area contributed by atoms with Crippen molar-refractivity contribution in [3.63, 3.8) is 0 Å². The molecule has 1 aromatic carbocycles. The second kappa shape index (κ2) is 8.73. The smallest absolute Gasteiger partial charge is 0.257 e. The first kappa shape index (κ1) is 21.2. The fourth-order valence-electron chi connectivity index (χ4n) is 4.74. The van der Waals surface area contributed by atoms with Gasteiger partial charge in [0.1, 0.15) is 18.5 Å². The van der Waals surface area contributed by atoms with Crippen LogP contribution in [0.25, 0.3) is 0 Å². The number of hydrogen-bond donors (Lipinski definition) is 2. The van der Waals surface area contributed by atoms with Crippen LogP contribution in [0.1, 0.15) is 61.7 Å². The SMILES string of the molecule is CN1C(=O)c2cc(NC(=O)C3CC3)ccc2OC[C@H]2O[C@H](CC(=O)NC3CCC3)CC[C@@H]21. The minimum atomic E-state index is -0.290. The van der Waals surface area contributed by atoms with Crippen LogP contribution in [0.2, 0.25) is 0 Å². The van der Waals surface area contributed by atoms with Crippen LogP contribution in [0.5, 0.6) is 5.75 Å². The molecule has 2 heterocycles. The number of fused-ring (bicyclic) bond motifs is 2. The van der Waals surface area contributed by atoms with E-state index in [1.807, 2.05) is 0 Å². The van der Waals surface area contributed by atoms with Gasteiger partial charge in [-0.15, -0.1) is 0 Å². The van der Waals surface area contributed by atoms with Crippen molar-refractivity contribution in [1.29, 1.82) is 0 Å². The molecule has 0 aromatic heterocycles. The summed E-state index contributed by atoms with van der Waals surface area (Å²) in [6.07, 6.45) is 6.53. The van der Waals surface area contributed by atoms with E-state index in [0.717, 1.165) is 38.5 Å². The first-order valence-electron chi connectivity index (χ1n) is 11.8. The molecule has 3 fully saturated rings. The van der Waals surface area contributed by atoms with Gasteiger partial charge in [-0.2, -0.15) is 0 Å². The monoisotopic (exact) mass is 441 g/mol. The maximum Gasteiger partial charge on any atom is 0.257 e. The highest BCUT2D eigenvalue weighted by molar-refractivity contribution is 6.00. The number of amides is 3. The Balaban J connectivity index is 1.25. The fourth-order valence-corrected chi connectivity index (χ4v) is 4.74. The molecule has 0 spiro atoms. The summed E-state index contributed by atoms with van der Waals surface area (Å²) in [6.45, 7) is 0.309. The molecule has 1 saturated heterocycles. The highest BCUT2D eigenvalue weighted by atomic mass is 16.5. The van der Waals surface area contributed by atoms with Gasteiger partial charge in [0.2, 0.25) is 11.8 Å². The van der Waals surface area contributed by atoms with E-state index in [2.05, 4.69) is 10.6 Å². The van der Waals surface area contributed by atoms with Crippen molar-refractivity contribution in [3.05, 3.63) is 23.8 Å². The van der Waals surface area contributed by atoms with E-state index < -0.39 is 0 Å². The number of carbonyl (C=O) groups is 3. The van der Waals surface area contributed by atoms with E-state index in [0.29, 0.717) is 36.1 Å². The molecule has 2 aliphatic carbocycles. The van der Waals surface area contributed by atoms with Crippen LogP contribution in [0.4, 0.5) is 5.69 Å². The van der Waals surface area contributed by atoms with Crippen LogP contribution in [-0.4, -0.2) is 60.6 Å². The Bertz CT molecular complexity index is 911. The number of carbonyl (C=O) groups excluding carboxylic acids is 3. The summed E-state index contributed by atoms with van der Waals surface area (Å²) < 4.78 is 12.2. The van der Waals surface area contributed by atoms with E-state index in [4.69, 9.17) is 9.47 Å². The molecule has 0 unspecified atom stereocenters. The second-order valence-corrected chi connectivity index (χ2v) is 9.54. The van der Waals surface area contributed by atoms with Crippen LogP contribution in [0.15, 0.2) is 18.2 Å². The van der Waals surface area contributed by atoms with Crippen LogP contribution < -0.4 is 15.4 Å². The minimum absolute atomic E-state index is 0.00523. The number of ether oxygens (including phenoxy) is 2. The number of likely N-dealkylation sites (N-methyl/N-ethyl adjacent to an activating group) is 1. The molecular weight excluding hydrogens is 410 g/mol. The maximum absolute atomic E-state index is 13.3. The van der Waals surface area contributed by atoms with E-state index in [-0.39, 0.29) is 41.9 Å². The third kappa shape index (κ3) is 4.46. The maximum atomic E-state index is 13.3. The lowest BCUT2D eigenvalue weighted by Crippen LogP contribution is -2.54. The van der Waals surface area contributed by atoms with Crippen LogP contribution >= 0.6 is 0 Å². The van der Waals surface area contributed by atoms with Crippen molar-refractivity contribution >= 4 is 23.4 Å². The van der Waals surface area contributed by atoms with Gasteiger partial charge in [-0.05, 0) is 63.1 Å². The van der Waals surface area contributed by atoms with Crippen molar-refractivity contribution in [2.24, 2.45) is 5.92 Å². The van der Waals surface area contributed by atoms with E-state index >= 15 is 0 Å². The summed E-state index contributed by atoms with van der Waals surface area (Å²) in [4.78, 5) is 39.4. The molecule has 0 radical (unpaired) electrons. The first-order chi connectivity index (χ1) is 15.5. The number of rotatable bonds is 5. The number of nitrogens with zero attached hydrogens (tertiary/aromatic N) is 1. The summed E-state index contributed by atoms with van der Waals surface area (Å²) in [5.74, 6) is 0.474. The molecule has 32 heavy (non-hydrogen) atoms. The lowest BCUT2D eigenvalue weighted by molar-refractivity contribution is -0.135. The summed E-state index contributed by atoms with van der Waals surface area (Å²) in [6, 6.07) is 5.40. The average Bonchev–Trinajstić information content (AvgIpc) is 3.59. The molecule has 2 aliphatic heterocycles. The highest BCUT2D eigenvalue weighted by Gasteiger charge is 2.39. The van der Waals surface area contributed by atoms with Crippen LogP contribution in [0.3, 0.4) is 0 Å². The van der Waals surface area contributed by atoms with Gasteiger partial charge in [-0.25, -0.2) is 0 Å². The lowest BCUT2D eigenvalue weighted by Gasteiger charge is -2.42. The van der Waals surface area contributed by atoms with Crippen LogP contribution in [-0.2, 0) is 14.3 Å². The van der Waals surface area contributed by atoms with Gasteiger partial charge < -0.3 is 25.0 Å². The molecule has 8 nitrogen and oxygen atoms in total. The summed E-state index contributed by atoms with van der Waals surface area (Å²) in [5, 5.41) is 5.97. The molecule has 3 amide bonds. The van der Waals surface area contributed by atoms with Gasteiger partial charge >= 0.3 is 0 Å². The van der Waals surface area contributed by atoms with Crippen LogP contribution in [0, 0.1) is 5.92 Å². The number of nitrogens with one attached hydrogen (secondary N) is 2. The fraction of sp³-hybridized carbons (Fsp3) is 0.625. The van der Waals surface area contributed by atoms with Gasteiger partial charge in [0.25, 0.3) is 5.91 Å². The zero-order valence-corrected chi connectivity index (χ0v) is 18.5. The molecule has 172 valence electrons. The molecular formula is C24H31N3O5. The quantitative estimate of drug-likeness (QED) is 0.732. The molecule has 1 aromatic rings. The zero-order chi connectivity index (χ0) is 22.2. The van der Waals surface area contributed by atoms with Crippen molar-refractivity contribution in [2.75, 3.05) is 19.0 Å². The van der Waals surface area contributed by atoms with Gasteiger partial charge in [0.15, 0.2) is 0 Å². The molecule has 8 heteroatoms. The van der Waals surface area contributed by atoms with Crippen molar-refractivity contribution in [3.8, 4) is 5.75 Å². The largest absolute Gasteiger partial charge is 0.490 e. The molecule has 2 N–H and O–H groups in total. The van der Waals surface area contributed by atoms with E-state index in [1.165, 1.54) is 6.42 Å². The predicted octanol–water partition coefficient (Wildman–Crippen LogP) is 2.47. The predicted molar refractivity (Wildman–Crippen MR) is 117 cm³/mol. The first-order valence-corrected chi connectivity index (χ1v) is 11.8. The Morgan fingerprint density at radius 2 is 1.94 bits per heavy atom. The standard InChI is InChI=1S/C24H31N3O5/c1-27-19-9-8-17(12-22(28)25-15-3-2-4-15)32-21(19)13-31-20-10-7-16(11-18(20)24(27)30)26-23(29)14-5-6-14/h7,10-11,14-15,17,19,21H,2-6,8-9,12-13H2,1H3,(H,25,28)(H,26,29)/t17-,19-,21+/m0/s1. The third-order valence-electron chi connectivity index (χ3n) is 7.11. The minimum Gasteiger partial charge on any atom is -0.490 e. The molecule has 0 bridgehead atoms. The van der Waals surface area contributed by atoms with Crippen molar-refractivity contribution in [1.82, 2.24) is 10.2 Å². The number of benzene rings is 1. The zero-order valence-electron chi connectivity index (χ0n) is 18.5.